The molecule has 0 atom stereocenters. The third-order valence-electron chi connectivity index (χ3n) is 4.68. The number of fused-ring (bicyclic) bond motifs is 1. The van der Waals surface area contributed by atoms with E-state index in [0.717, 1.165) is 24.2 Å². The first kappa shape index (κ1) is 17.3. The van der Waals surface area contributed by atoms with Crippen molar-refractivity contribution in [2.24, 2.45) is 0 Å². The smallest absolute Gasteiger partial charge is 0.248 e. The molecule has 0 aliphatic carbocycles. The van der Waals surface area contributed by atoms with Gasteiger partial charge in [-0.25, -0.2) is 0 Å². The highest BCUT2D eigenvalue weighted by atomic mass is 16.1. The van der Waals surface area contributed by atoms with Crippen LogP contribution in [0.2, 0.25) is 0 Å². The second kappa shape index (κ2) is 6.75. The van der Waals surface area contributed by atoms with E-state index in [4.69, 9.17) is 0 Å². The van der Waals surface area contributed by atoms with E-state index in [1.807, 2.05) is 12.1 Å². The van der Waals surface area contributed by atoms with Crippen molar-refractivity contribution in [3.8, 4) is 0 Å². The number of likely N-dealkylation sites (N-methyl/N-ethyl adjacent to an activating group) is 1. The fourth-order valence-corrected chi connectivity index (χ4v) is 3.09. The van der Waals surface area contributed by atoms with Gasteiger partial charge in [-0.15, -0.1) is 0 Å². The highest BCUT2D eigenvalue weighted by Crippen LogP contribution is 2.29. The molecule has 1 heterocycles. The Morgan fingerprint density at radius 2 is 1.84 bits per heavy atom. The monoisotopic (exact) mass is 334 g/mol. The first-order valence-corrected chi connectivity index (χ1v) is 8.76. The average molecular weight is 334 g/mol. The molecule has 1 aliphatic rings. The van der Waals surface area contributed by atoms with Crippen LogP contribution in [-0.2, 0) is 16.6 Å². The largest absolute Gasteiger partial charge is 0.374 e. The van der Waals surface area contributed by atoms with Crippen LogP contribution in [-0.4, -0.2) is 19.5 Å². The predicted molar refractivity (Wildman–Crippen MR) is 106 cm³/mol. The molecule has 0 fully saturated rings. The topological polar surface area (TPSA) is 32.3 Å². The molecule has 0 aromatic heterocycles. The molecular formula is C22H26N2O. The van der Waals surface area contributed by atoms with Crippen LogP contribution in [0, 0.1) is 0 Å². The number of benzene rings is 2. The van der Waals surface area contributed by atoms with Gasteiger partial charge in [0.25, 0.3) is 0 Å². The van der Waals surface area contributed by atoms with Gasteiger partial charge in [-0.3, -0.25) is 4.79 Å². The van der Waals surface area contributed by atoms with Crippen LogP contribution in [0.1, 0.15) is 37.5 Å². The molecule has 3 heteroatoms. The van der Waals surface area contributed by atoms with Gasteiger partial charge in [-0.1, -0.05) is 45.0 Å². The normalized spacial score (nSPS) is 14.0. The van der Waals surface area contributed by atoms with Gasteiger partial charge in [0.2, 0.25) is 5.91 Å². The molecule has 2 aromatic carbocycles. The molecule has 1 amide bonds. The fraction of sp³-hybridized carbons (Fsp3) is 0.318. The summed E-state index contributed by atoms with van der Waals surface area (Å²) in [6.45, 7) is 7.62. The van der Waals surface area contributed by atoms with Crippen LogP contribution in [0.25, 0.3) is 6.08 Å². The number of hydrogen-bond donors (Lipinski definition) is 1. The summed E-state index contributed by atoms with van der Waals surface area (Å²) < 4.78 is 0. The van der Waals surface area contributed by atoms with Crippen molar-refractivity contribution in [3.05, 3.63) is 65.2 Å². The van der Waals surface area contributed by atoms with E-state index in [0.29, 0.717) is 0 Å². The van der Waals surface area contributed by atoms with Gasteiger partial charge in [0.1, 0.15) is 0 Å². The Hall–Kier alpha value is -2.55. The van der Waals surface area contributed by atoms with E-state index in [1.54, 1.807) is 6.08 Å². The quantitative estimate of drug-likeness (QED) is 0.830. The summed E-state index contributed by atoms with van der Waals surface area (Å²) in [7, 11) is 2.09. The maximum Gasteiger partial charge on any atom is 0.248 e. The molecule has 1 aliphatic heterocycles. The molecule has 25 heavy (non-hydrogen) atoms. The Morgan fingerprint density at radius 3 is 2.52 bits per heavy atom. The van der Waals surface area contributed by atoms with Crippen molar-refractivity contribution >= 4 is 23.4 Å². The molecule has 0 saturated carbocycles. The van der Waals surface area contributed by atoms with Crippen LogP contribution in [0.4, 0.5) is 11.4 Å². The van der Waals surface area contributed by atoms with Gasteiger partial charge < -0.3 is 10.2 Å². The SMILES string of the molecule is CN1CCc2cc(NC(=O)/C=C/c3ccc(C(C)(C)C)cc3)ccc21. The van der Waals surface area contributed by atoms with Gasteiger partial charge in [-0.2, -0.15) is 0 Å². The summed E-state index contributed by atoms with van der Waals surface area (Å²) in [5.74, 6) is -0.105. The first-order valence-electron chi connectivity index (χ1n) is 8.76. The lowest BCUT2D eigenvalue weighted by Crippen LogP contribution is -2.12. The van der Waals surface area contributed by atoms with E-state index < -0.39 is 0 Å². The lowest BCUT2D eigenvalue weighted by atomic mass is 9.87. The molecule has 0 unspecified atom stereocenters. The predicted octanol–water partition coefficient (Wildman–Crippen LogP) is 4.63. The van der Waals surface area contributed by atoms with Gasteiger partial charge in [0, 0.05) is 31.0 Å². The van der Waals surface area contributed by atoms with Crippen molar-refractivity contribution in [2.75, 3.05) is 23.8 Å². The van der Waals surface area contributed by atoms with Crippen LogP contribution in [0.5, 0.6) is 0 Å². The minimum Gasteiger partial charge on any atom is -0.374 e. The standard InChI is InChI=1S/C22H26N2O/c1-22(2,3)18-8-5-16(6-9-18)7-12-21(25)23-19-10-11-20-17(15-19)13-14-24(20)4/h5-12,15H,13-14H2,1-4H3,(H,23,25)/b12-7+. The van der Waals surface area contributed by atoms with Crippen LogP contribution in [0.15, 0.2) is 48.5 Å². The zero-order valence-corrected chi connectivity index (χ0v) is 15.5. The van der Waals surface area contributed by atoms with Crippen molar-refractivity contribution in [3.63, 3.8) is 0 Å². The molecule has 3 rings (SSSR count). The van der Waals surface area contributed by atoms with Crippen molar-refractivity contribution < 1.29 is 4.79 Å². The molecule has 0 saturated heterocycles. The van der Waals surface area contributed by atoms with Crippen LogP contribution < -0.4 is 10.2 Å². The summed E-state index contributed by atoms with van der Waals surface area (Å²) in [5, 5.41) is 2.95. The number of carbonyl (C=O) groups excluding carboxylic acids is 1. The van der Waals surface area contributed by atoms with Gasteiger partial charge >= 0.3 is 0 Å². The van der Waals surface area contributed by atoms with Crippen molar-refractivity contribution in [1.29, 1.82) is 0 Å². The molecule has 3 nitrogen and oxygen atoms in total. The molecule has 130 valence electrons. The number of amides is 1. The summed E-state index contributed by atoms with van der Waals surface area (Å²) >= 11 is 0. The highest BCUT2D eigenvalue weighted by molar-refractivity contribution is 6.02. The minimum absolute atomic E-state index is 0.105. The molecule has 2 aromatic rings. The lowest BCUT2D eigenvalue weighted by molar-refractivity contribution is -0.111. The molecule has 0 bridgehead atoms. The molecular weight excluding hydrogens is 308 g/mol. The summed E-state index contributed by atoms with van der Waals surface area (Å²) in [4.78, 5) is 14.4. The van der Waals surface area contributed by atoms with Crippen molar-refractivity contribution in [2.45, 2.75) is 32.6 Å². The zero-order chi connectivity index (χ0) is 18.0. The third-order valence-corrected chi connectivity index (χ3v) is 4.68. The Kier molecular flexibility index (Phi) is 4.67. The minimum atomic E-state index is -0.105. The molecule has 0 spiro atoms. The number of rotatable bonds is 3. The number of nitrogens with zero attached hydrogens (tertiary/aromatic N) is 1. The zero-order valence-electron chi connectivity index (χ0n) is 15.5. The van der Waals surface area contributed by atoms with Gasteiger partial charge in [0.05, 0.1) is 0 Å². The number of anilines is 2. The maximum atomic E-state index is 12.2. The third kappa shape index (κ3) is 4.11. The van der Waals surface area contributed by atoms with Crippen LogP contribution in [0.3, 0.4) is 0 Å². The highest BCUT2D eigenvalue weighted by Gasteiger charge is 2.16. The van der Waals surface area contributed by atoms with E-state index in [9.17, 15) is 4.79 Å². The fourth-order valence-electron chi connectivity index (χ4n) is 3.09. The van der Waals surface area contributed by atoms with E-state index in [1.165, 1.54) is 16.8 Å². The number of nitrogens with one attached hydrogen (secondary N) is 1. The average Bonchev–Trinajstić information content (AvgIpc) is 2.93. The van der Waals surface area contributed by atoms with Gasteiger partial charge in [0.15, 0.2) is 0 Å². The Balaban J connectivity index is 1.63. The summed E-state index contributed by atoms with van der Waals surface area (Å²) in [6, 6.07) is 14.5. The molecule has 0 radical (unpaired) electrons. The van der Waals surface area contributed by atoms with E-state index in [-0.39, 0.29) is 11.3 Å². The van der Waals surface area contributed by atoms with Gasteiger partial charge in [-0.05, 0) is 52.8 Å². The summed E-state index contributed by atoms with van der Waals surface area (Å²) in [5.41, 5.74) is 5.86. The number of hydrogen-bond acceptors (Lipinski definition) is 2. The Bertz CT molecular complexity index is 798. The van der Waals surface area contributed by atoms with E-state index >= 15 is 0 Å². The van der Waals surface area contributed by atoms with Crippen LogP contribution >= 0.6 is 0 Å². The Morgan fingerprint density at radius 1 is 1.12 bits per heavy atom. The summed E-state index contributed by atoms with van der Waals surface area (Å²) in [6.07, 6.45) is 4.47. The second-order valence-corrected chi connectivity index (χ2v) is 7.71. The first-order chi connectivity index (χ1) is 11.8. The maximum absolute atomic E-state index is 12.2. The second-order valence-electron chi connectivity index (χ2n) is 7.71. The van der Waals surface area contributed by atoms with Crippen molar-refractivity contribution in [1.82, 2.24) is 0 Å². The molecule has 1 N–H and O–H groups in total. The lowest BCUT2D eigenvalue weighted by Gasteiger charge is -2.18. The Labute approximate surface area is 150 Å². The van der Waals surface area contributed by atoms with E-state index in [2.05, 4.69) is 74.4 Å². The number of carbonyl (C=O) groups is 1.